The minimum absolute atomic E-state index is 0.0186. The van der Waals surface area contributed by atoms with Crippen LogP contribution < -0.4 is 10.1 Å². The molecule has 0 aliphatic heterocycles. The Kier molecular flexibility index (Phi) is 8.46. The molecule has 4 aromatic rings. The molecular formula is C33H25Cl3N2O6. The Morgan fingerprint density at radius 3 is 2.39 bits per heavy atom. The second-order valence-corrected chi connectivity index (χ2v) is 11.9. The lowest BCUT2D eigenvalue weighted by Crippen LogP contribution is -2.15. The monoisotopic (exact) mass is 650 g/mol. The van der Waals surface area contributed by atoms with E-state index in [0.29, 0.717) is 48.8 Å². The quantitative estimate of drug-likeness (QED) is 0.183. The summed E-state index contributed by atoms with van der Waals surface area (Å²) < 4.78 is 17.0. The van der Waals surface area contributed by atoms with Crippen molar-refractivity contribution in [2.75, 3.05) is 5.32 Å². The summed E-state index contributed by atoms with van der Waals surface area (Å²) in [5.41, 5.74) is 3.60. The van der Waals surface area contributed by atoms with E-state index in [1.54, 1.807) is 49.4 Å². The molecule has 2 fully saturated rings. The van der Waals surface area contributed by atoms with Crippen LogP contribution in [0.2, 0.25) is 15.1 Å². The summed E-state index contributed by atoms with van der Waals surface area (Å²) in [6, 6.07) is 13.4. The number of hydrogen-bond donors (Lipinski definition) is 2. The van der Waals surface area contributed by atoms with Crippen molar-refractivity contribution in [3.05, 3.63) is 97.2 Å². The number of rotatable bonds is 8. The van der Waals surface area contributed by atoms with Gasteiger partial charge in [0.15, 0.2) is 0 Å². The summed E-state index contributed by atoms with van der Waals surface area (Å²) in [6.07, 6.45) is 2.93. The van der Waals surface area contributed by atoms with Crippen molar-refractivity contribution >= 4 is 52.6 Å². The topological polar surface area (TPSA) is 111 Å². The molecule has 0 atom stereocenters. The molecule has 0 radical (unpaired) electrons. The maximum atomic E-state index is 12.1. The zero-order valence-electron chi connectivity index (χ0n) is 23.4. The average molecular weight is 652 g/mol. The number of anilines is 1. The second kappa shape index (κ2) is 12.4. The number of carboxylic acids is 1. The molecule has 224 valence electrons. The predicted molar refractivity (Wildman–Crippen MR) is 167 cm³/mol. The molecule has 1 heterocycles. The first-order chi connectivity index (χ1) is 21.2. The van der Waals surface area contributed by atoms with Crippen molar-refractivity contribution in [3.63, 3.8) is 0 Å². The van der Waals surface area contributed by atoms with Gasteiger partial charge in [0.2, 0.25) is 0 Å². The summed E-state index contributed by atoms with van der Waals surface area (Å²) in [7, 11) is 0. The highest BCUT2D eigenvalue weighted by Gasteiger charge is 2.33. The predicted octanol–water partition coefficient (Wildman–Crippen LogP) is 8.88. The second-order valence-electron chi connectivity index (χ2n) is 10.7. The van der Waals surface area contributed by atoms with Crippen molar-refractivity contribution in [2.45, 2.75) is 51.2 Å². The third kappa shape index (κ3) is 6.66. The molecule has 3 aromatic carbocycles. The van der Waals surface area contributed by atoms with Crippen LogP contribution in [-0.4, -0.2) is 28.4 Å². The number of halogens is 3. The SMILES string of the molecule is Cc1c(C#Cc2ccc(OCc3c(-c4c(Cl)cccc4Cl)noc3C3CC3)cc2Cl)cc(NC(=O)OC2CC2)cc1C(=O)O. The van der Waals surface area contributed by atoms with Crippen molar-refractivity contribution in [2.24, 2.45) is 0 Å². The van der Waals surface area contributed by atoms with Crippen LogP contribution in [0.15, 0.2) is 53.1 Å². The van der Waals surface area contributed by atoms with Crippen molar-refractivity contribution in [1.82, 2.24) is 5.16 Å². The first kappa shape index (κ1) is 29.9. The Morgan fingerprint density at radius 1 is 1.00 bits per heavy atom. The van der Waals surface area contributed by atoms with Gasteiger partial charge in [0.05, 0.1) is 26.2 Å². The number of amides is 1. The van der Waals surface area contributed by atoms with Gasteiger partial charge < -0.3 is 19.1 Å². The van der Waals surface area contributed by atoms with E-state index in [1.165, 1.54) is 6.07 Å². The standard InChI is InChI=1S/C33H25Cl3N2O6/c1-17-20(13-21(14-24(17)32(39)40)37-33(41)43-22-11-12-22)8-5-18-9-10-23(15-28(18)36)42-16-25-30(38-44-31(25)19-6-7-19)29-26(34)3-2-4-27(29)35/h2-4,9-10,13-15,19,22H,6-7,11-12,16H2,1H3,(H,37,41)(H,39,40). The average Bonchev–Trinajstić information content (AvgIpc) is 3.92. The fourth-order valence-corrected chi connectivity index (χ4v) is 5.44. The third-order valence-corrected chi connectivity index (χ3v) is 8.25. The van der Waals surface area contributed by atoms with E-state index < -0.39 is 12.1 Å². The van der Waals surface area contributed by atoms with E-state index in [1.807, 2.05) is 0 Å². The smallest absolute Gasteiger partial charge is 0.411 e. The van der Waals surface area contributed by atoms with Crippen molar-refractivity contribution in [3.8, 4) is 28.8 Å². The Morgan fingerprint density at radius 2 is 1.73 bits per heavy atom. The number of hydrogen-bond acceptors (Lipinski definition) is 6. The van der Waals surface area contributed by atoms with E-state index in [9.17, 15) is 14.7 Å². The molecule has 0 saturated heterocycles. The number of aromatic nitrogens is 1. The summed E-state index contributed by atoms with van der Waals surface area (Å²) >= 11 is 19.5. The molecule has 11 heteroatoms. The summed E-state index contributed by atoms with van der Waals surface area (Å²) in [5.74, 6) is 6.40. The molecule has 0 spiro atoms. The molecule has 44 heavy (non-hydrogen) atoms. The molecule has 1 amide bonds. The van der Waals surface area contributed by atoms with Gasteiger partial charge >= 0.3 is 12.1 Å². The Hall–Kier alpha value is -4.16. The lowest BCUT2D eigenvalue weighted by Gasteiger charge is -2.11. The molecule has 0 bridgehead atoms. The molecule has 2 saturated carbocycles. The maximum absolute atomic E-state index is 12.1. The highest BCUT2D eigenvalue weighted by atomic mass is 35.5. The van der Waals surface area contributed by atoms with Crippen LogP contribution in [0.3, 0.4) is 0 Å². The number of aromatic carboxylic acids is 1. The van der Waals surface area contributed by atoms with E-state index in [4.69, 9.17) is 48.8 Å². The van der Waals surface area contributed by atoms with Gasteiger partial charge in [-0.15, -0.1) is 0 Å². The fraction of sp³-hybridized carbons (Fsp3) is 0.242. The van der Waals surface area contributed by atoms with E-state index >= 15 is 0 Å². The van der Waals surface area contributed by atoms with Crippen LogP contribution in [0.25, 0.3) is 11.3 Å². The van der Waals surface area contributed by atoms with Gasteiger partial charge in [0.1, 0.15) is 29.9 Å². The highest BCUT2D eigenvalue weighted by Crippen LogP contribution is 2.46. The minimum Gasteiger partial charge on any atom is -0.489 e. The van der Waals surface area contributed by atoms with Gasteiger partial charge in [-0.05, 0) is 74.6 Å². The van der Waals surface area contributed by atoms with E-state index in [-0.39, 0.29) is 29.9 Å². The van der Waals surface area contributed by atoms with E-state index in [0.717, 1.165) is 37.0 Å². The van der Waals surface area contributed by atoms with Crippen LogP contribution >= 0.6 is 34.8 Å². The molecule has 6 rings (SSSR count). The third-order valence-electron chi connectivity index (χ3n) is 7.30. The number of carboxylic acid groups (broad SMARTS) is 1. The summed E-state index contributed by atoms with van der Waals surface area (Å²) in [6.45, 7) is 1.82. The maximum Gasteiger partial charge on any atom is 0.411 e. The molecule has 2 aliphatic rings. The highest BCUT2D eigenvalue weighted by molar-refractivity contribution is 6.39. The molecular weight excluding hydrogens is 627 g/mol. The molecule has 2 aliphatic carbocycles. The van der Waals surface area contributed by atoms with Crippen LogP contribution in [0.1, 0.15) is 70.0 Å². The molecule has 2 N–H and O–H groups in total. The minimum atomic E-state index is -1.14. The number of carbonyl (C=O) groups is 2. The Bertz CT molecular complexity index is 1830. The van der Waals surface area contributed by atoms with Crippen LogP contribution in [0, 0.1) is 18.8 Å². The summed E-state index contributed by atoms with van der Waals surface area (Å²) in [4.78, 5) is 24.0. The molecule has 0 unspecified atom stereocenters. The lowest BCUT2D eigenvalue weighted by molar-refractivity contribution is 0.0696. The van der Waals surface area contributed by atoms with Gasteiger partial charge in [-0.3, -0.25) is 5.32 Å². The number of nitrogens with zero attached hydrogens (tertiary/aromatic N) is 1. The van der Waals surface area contributed by atoms with Gasteiger partial charge in [0, 0.05) is 34.4 Å². The summed E-state index contributed by atoms with van der Waals surface area (Å²) in [5, 5.41) is 17.8. The lowest BCUT2D eigenvalue weighted by atomic mass is 10.0. The van der Waals surface area contributed by atoms with E-state index in [2.05, 4.69) is 22.3 Å². The number of ether oxygens (including phenoxy) is 2. The zero-order valence-corrected chi connectivity index (χ0v) is 25.6. The van der Waals surface area contributed by atoms with Gasteiger partial charge in [-0.1, -0.05) is 57.9 Å². The molecule has 8 nitrogen and oxygen atoms in total. The van der Waals surface area contributed by atoms with Gasteiger partial charge in [0.25, 0.3) is 0 Å². The Labute approximate surface area is 268 Å². The molecule has 1 aromatic heterocycles. The van der Waals surface area contributed by atoms with Gasteiger partial charge in [-0.25, -0.2) is 9.59 Å². The van der Waals surface area contributed by atoms with Crippen LogP contribution in [-0.2, 0) is 11.3 Å². The first-order valence-electron chi connectivity index (χ1n) is 13.9. The number of carbonyl (C=O) groups excluding carboxylic acids is 1. The largest absolute Gasteiger partial charge is 0.489 e. The fourth-order valence-electron chi connectivity index (χ4n) is 4.65. The van der Waals surface area contributed by atoms with Gasteiger partial charge in [-0.2, -0.15) is 0 Å². The Balaban J connectivity index is 1.22. The number of nitrogens with one attached hydrogen (secondary N) is 1. The van der Waals surface area contributed by atoms with Crippen molar-refractivity contribution < 1.29 is 28.7 Å². The number of benzene rings is 3. The first-order valence-corrected chi connectivity index (χ1v) is 15.0. The zero-order chi connectivity index (χ0) is 31.0. The van der Waals surface area contributed by atoms with Crippen molar-refractivity contribution in [1.29, 1.82) is 0 Å². The normalized spacial score (nSPS) is 14.0. The van der Waals surface area contributed by atoms with Crippen LogP contribution in [0.5, 0.6) is 5.75 Å². The van der Waals surface area contributed by atoms with Crippen LogP contribution in [0.4, 0.5) is 10.5 Å².